The maximum Gasteiger partial charge on any atom is 0.257 e. The van der Waals surface area contributed by atoms with Crippen molar-refractivity contribution in [3.8, 4) is 0 Å². The molecule has 3 heterocycles. The van der Waals surface area contributed by atoms with E-state index in [2.05, 4.69) is 11.4 Å². The summed E-state index contributed by atoms with van der Waals surface area (Å²) in [4.78, 5) is 44.6. The Kier molecular flexibility index (Phi) is 4.65. The number of carbonyl (C=O) groups is 3. The van der Waals surface area contributed by atoms with E-state index in [1.54, 1.807) is 27.2 Å². The van der Waals surface area contributed by atoms with E-state index in [1.807, 2.05) is 35.4 Å². The van der Waals surface area contributed by atoms with Gasteiger partial charge < -0.3 is 9.80 Å². The minimum atomic E-state index is -0.708. The van der Waals surface area contributed by atoms with Crippen molar-refractivity contribution >= 4 is 34.7 Å². The van der Waals surface area contributed by atoms with Crippen molar-refractivity contribution in [3.05, 3.63) is 52.2 Å². The Balaban J connectivity index is 1.37. The number of carbonyl (C=O) groups excluding carboxylic acids is 3. The number of rotatable bonds is 6. The zero-order chi connectivity index (χ0) is 20.9. The highest BCUT2D eigenvalue weighted by molar-refractivity contribution is 7.07. The van der Waals surface area contributed by atoms with Gasteiger partial charge in [-0.25, -0.2) is 0 Å². The van der Waals surface area contributed by atoms with E-state index in [0.717, 1.165) is 18.4 Å². The summed E-state index contributed by atoms with van der Waals surface area (Å²) >= 11 is 1.64. The SMILES string of the molecule is CC12CCC(=O)N1c1ccccc1C(=O)N2CCC(=O)N(Cc1ccsc1)C1CC1. The molecule has 1 aromatic carbocycles. The lowest BCUT2D eigenvalue weighted by Crippen LogP contribution is -2.62. The molecule has 5 rings (SSSR count). The van der Waals surface area contributed by atoms with Gasteiger partial charge in [0.05, 0.1) is 11.3 Å². The van der Waals surface area contributed by atoms with Crippen LogP contribution in [0.4, 0.5) is 5.69 Å². The summed E-state index contributed by atoms with van der Waals surface area (Å²) in [6.07, 6.45) is 3.36. The number of anilines is 1. The molecule has 1 saturated carbocycles. The molecule has 1 aliphatic carbocycles. The molecule has 1 unspecified atom stereocenters. The van der Waals surface area contributed by atoms with Gasteiger partial charge in [0.15, 0.2) is 0 Å². The number of para-hydroxylation sites is 1. The van der Waals surface area contributed by atoms with Crippen LogP contribution in [0.5, 0.6) is 0 Å². The lowest BCUT2D eigenvalue weighted by Gasteiger charge is -2.48. The molecule has 30 heavy (non-hydrogen) atoms. The van der Waals surface area contributed by atoms with Crippen molar-refractivity contribution in [2.45, 2.75) is 57.3 Å². The van der Waals surface area contributed by atoms with E-state index in [9.17, 15) is 14.4 Å². The van der Waals surface area contributed by atoms with Crippen molar-refractivity contribution in [3.63, 3.8) is 0 Å². The topological polar surface area (TPSA) is 60.9 Å². The first kappa shape index (κ1) is 19.3. The van der Waals surface area contributed by atoms with Crippen LogP contribution in [0.3, 0.4) is 0 Å². The van der Waals surface area contributed by atoms with Gasteiger partial charge in [0.2, 0.25) is 11.8 Å². The van der Waals surface area contributed by atoms with Crippen molar-refractivity contribution in [2.75, 3.05) is 11.4 Å². The average molecular weight is 424 g/mol. The quantitative estimate of drug-likeness (QED) is 0.713. The van der Waals surface area contributed by atoms with Crippen LogP contribution in [0.25, 0.3) is 0 Å². The summed E-state index contributed by atoms with van der Waals surface area (Å²) in [6, 6.07) is 9.66. The van der Waals surface area contributed by atoms with Crippen LogP contribution in [-0.4, -0.2) is 45.8 Å². The molecule has 2 aromatic rings. The normalized spacial score (nSPS) is 22.8. The maximum atomic E-state index is 13.3. The van der Waals surface area contributed by atoms with Crippen LogP contribution in [0.2, 0.25) is 0 Å². The van der Waals surface area contributed by atoms with Crippen molar-refractivity contribution in [1.82, 2.24) is 9.80 Å². The minimum absolute atomic E-state index is 0.0332. The molecule has 7 heteroatoms. The van der Waals surface area contributed by atoms with Crippen LogP contribution in [0, 0.1) is 0 Å². The van der Waals surface area contributed by atoms with E-state index in [-0.39, 0.29) is 24.1 Å². The standard InChI is InChI=1S/C23H25N3O3S/c1-23-11-8-21(28)26(23)19-5-3-2-4-18(19)22(29)25(23)12-9-20(27)24(17-6-7-17)14-16-10-13-30-15-16/h2-5,10,13,15,17H,6-9,11-12,14H2,1H3. The highest BCUT2D eigenvalue weighted by atomic mass is 32.1. The number of hydrogen-bond donors (Lipinski definition) is 0. The highest BCUT2D eigenvalue weighted by Crippen LogP contribution is 2.44. The number of hydrogen-bond acceptors (Lipinski definition) is 4. The number of amides is 3. The van der Waals surface area contributed by atoms with E-state index < -0.39 is 5.66 Å². The fraction of sp³-hybridized carbons (Fsp3) is 0.435. The second kappa shape index (κ2) is 7.23. The molecule has 2 fully saturated rings. The fourth-order valence-corrected chi connectivity index (χ4v) is 5.44. The molecule has 1 aromatic heterocycles. The van der Waals surface area contributed by atoms with E-state index in [4.69, 9.17) is 0 Å². The zero-order valence-electron chi connectivity index (χ0n) is 17.0. The van der Waals surface area contributed by atoms with Crippen LogP contribution >= 0.6 is 11.3 Å². The van der Waals surface area contributed by atoms with Gasteiger partial charge >= 0.3 is 0 Å². The summed E-state index contributed by atoms with van der Waals surface area (Å²) in [6.45, 7) is 2.89. The Morgan fingerprint density at radius 3 is 2.77 bits per heavy atom. The van der Waals surface area contributed by atoms with Crippen LogP contribution in [-0.2, 0) is 16.1 Å². The zero-order valence-corrected chi connectivity index (χ0v) is 17.9. The van der Waals surface area contributed by atoms with Gasteiger partial charge in [-0.1, -0.05) is 12.1 Å². The molecule has 3 amide bonds. The number of fused-ring (bicyclic) bond motifs is 3. The first-order chi connectivity index (χ1) is 14.5. The number of nitrogens with zero attached hydrogens (tertiary/aromatic N) is 3. The third-order valence-corrected chi connectivity index (χ3v) is 7.27. The molecule has 3 aliphatic rings. The molecule has 0 bridgehead atoms. The molecule has 0 spiro atoms. The van der Waals surface area contributed by atoms with Crippen molar-refractivity contribution in [2.24, 2.45) is 0 Å². The molecular formula is C23H25N3O3S. The van der Waals surface area contributed by atoms with E-state index in [1.165, 1.54) is 0 Å². The third kappa shape index (κ3) is 3.12. The van der Waals surface area contributed by atoms with Gasteiger partial charge in [-0.15, -0.1) is 0 Å². The second-order valence-corrected chi connectivity index (χ2v) is 9.33. The Morgan fingerprint density at radius 2 is 2.03 bits per heavy atom. The molecule has 1 saturated heterocycles. The highest BCUT2D eigenvalue weighted by Gasteiger charge is 2.53. The van der Waals surface area contributed by atoms with Crippen LogP contribution in [0.1, 0.15) is 54.9 Å². The number of thiophene rings is 1. The van der Waals surface area contributed by atoms with Gasteiger partial charge in [-0.05, 0) is 60.7 Å². The molecule has 0 N–H and O–H groups in total. The largest absolute Gasteiger partial charge is 0.335 e. The summed E-state index contributed by atoms with van der Waals surface area (Å²) in [7, 11) is 0. The van der Waals surface area contributed by atoms with E-state index >= 15 is 0 Å². The maximum absolute atomic E-state index is 13.3. The summed E-state index contributed by atoms with van der Waals surface area (Å²) in [5, 5.41) is 4.11. The van der Waals surface area contributed by atoms with Crippen LogP contribution in [0.15, 0.2) is 41.1 Å². The monoisotopic (exact) mass is 423 g/mol. The first-order valence-corrected chi connectivity index (χ1v) is 11.5. The molecular weight excluding hydrogens is 398 g/mol. The van der Waals surface area contributed by atoms with Gasteiger partial charge in [0.25, 0.3) is 5.91 Å². The molecule has 1 atom stereocenters. The molecule has 2 aliphatic heterocycles. The second-order valence-electron chi connectivity index (χ2n) is 8.55. The van der Waals surface area contributed by atoms with Gasteiger partial charge in [-0.2, -0.15) is 11.3 Å². The van der Waals surface area contributed by atoms with E-state index in [0.29, 0.717) is 43.2 Å². The van der Waals surface area contributed by atoms with Gasteiger partial charge in [-0.3, -0.25) is 19.3 Å². The lowest BCUT2D eigenvalue weighted by molar-refractivity contribution is -0.132. The Bertz CT molecular complexity index is 1000. The molecule has 0 radical (unpaired) electrons. The Morgan fingerprint density at radius 1 is 1.23 bits per heavy atom. The van der Waals surface area contributed by atoms with Crippen molar-refractivity contribution < 1.29 is 14.4 Å². The van der Waals surface area contributed by atoms with Gasteiger partial charge in [0.1, 0.15) is 5.66 Å². The minimum Gasteiger partial charge on any atom is -0.335 e. The lowest BCUT2D eigenvalue weighted by atomic mass is 9.98. The van der Waals surface area contributed by atoms with Crippen molar-refractivity contribution in [1.29, 1.82) is 0 Å². The first-order valence-electron chi connectivity index (χ1n) is 10.5. The molecule has 6 nitrogen and oxygen atoms in total. The van der Waals surface area contributed by atoms with Crippen LogP contribution < -0.4 is 4.90 Å². The smallest absolute Gasteiger partial charge is 0.257 e. The third-order valence-electron chi connectivity index (χ3n) is 6.54. The molecule has 156 valence electrons. The Hall–Kier alpha value is -2.67. The number of benzene rings is 1. The summed E-state index contributed by atoms with van der Waals surface area (Å²) in [5.41, 5.74) is 1.67. The van der Waals surface area contributed by atoms with Gasteiger partial charge in [0, 0.05) is 32.0 Å². The summed E-state index contributed by atoms with van der Waals surface area (Å²) < 4.78 is 0. The summed E-state index contributed by atoms with van der Waals surface area (Å²) in [5.74, 6) is 0.0170. The average Bonchev–Trinajstić information content (AvgIpc) is 3.35. The predicted octanol–water partition coefficient (Wildman–Crippen LogP) is 3.63. The fourth-order valence-electron chi connectivity index (χ4n) is 4.78. The Labute approximate surface area is 180 Å². The predicted molar refractivity (Wildman–Crippen MR) is 115 cm³/mol.